The second-order valence-electron chi connectivity index (χ2n) is 6.09. The van der Waals surface area contributed by atoms with Crippen molar-refractivity contribution in [1.29, 1.82) is 0 Å². The van der Waals surface area contributed by atoms with E-state index in [1.165, 1.54) is 17.7 Å². The highest BCUT2D eigenvalue weighted by atomic mass is 35.5. The molecule has 2 aliphatic rings. The van der Waals surface area contributed by atoms with E-state index >= 15 is 0 Å². The lowest BCUT2D eigenvalue weighted by atomic mass is 9.87. The molecule has 2 bridgehead atoms. The Labute approximate surface area is 128 Å². The van der Waals surface area contributed by atoms with Crippen molar-refractivity contribution in [3.63, 3.8) is 0 Å². The van der Waals surface area contributed by atoms with Gasteiger partial charge < -0.3 is 5.11 Å². The fourth-order valence-corrected chi connectivity index (χ4v) is 5.19. The van der Waals surface area contributed by atoms with Crippen LogP contribution in [0.5, 0.6) is 0 Å². The molecule has 0 aliphatic carbocycles. The fraction of sp³-hybridized carbons (Fsp3) is 0.667. The molecular weight excluding hydrogens is 294 g/mol. The Bertz CT molecular complexity index is 490. The van der Waals surface area contributed by atoms with Gasteiger partial charge >= 0.3 is 5.97 Å². The Morgan fingerprint density at radius 3 is 2.60 bits per heavy atom. The molecule has 3 nitrogen and oxygen atoms in total. The standard InChI is InChI=1S/C15H20ClNO2S/c1-9(13-4-5-14(16)20-13)17-11-2-3-12(17)7-10(6-11)8-15(18)19/h4-5,9-12H,2-3,6-8H2,1H3,(H,18,19). The van der Waals surface area contributed by atoms with Crippen LogP contribution < -0.4 is 0 Å². The van der Waals surface area contributed by atoms with Gasteiger partial charge in [-0.2, -0.15) is 0 Å². The molecular formula is C15H20ClNO2S. The topological polar surface area (TPSA) is 40.5 Å². The Morgan fingerprint density at radius 2 is 2.10 bits per heavy atom. The number of fused-ring (bicyclic) bond motifs is 2. The van der Waals surface area contributed by atoms with Gasteiger partial charge in [-0.15, -0.1) is 11.3 Å². The molecule has 1 aromatic rings. The predicted molar refractivity (Wildman–Crippen MR) is 81.4 cm³/mol. The first-order valence-corrected chi connectivity index (χ1v) is 8.48. The van der Waals surface area contributed by atoms with E-state index in [1.807, 2.05) is 6.07 Å². The number of thiophene rings is 1. The molecule has 1 N–H and O–H groups in total. The van der Waals surface area contributed by atoms with Crippen LogP contribution >= 0.6 is 22.9 Å². The van der Waals surface area contributed by atoms with E-state index < -0.39 is 5.97 Å². The Hall–Kier alpha value is -0.580. The number of hydrogen-bond acceptors (Lipinski definition) is 3. The molecule has 5 heteroatoms. The molecule has 3 rings (SSSR count). The van der Waals surface area contributed by atoms with Crippen molar-refractivity contribution in [1.82, 2.24) is 4.90 Å². The van der Waals surface area contributed by atoms with Gasteiger partial charge in [0.25, 0.3) is 0 Å². The highest BCUT2D eigenvalue weighted by Gasteiger charge is 2.43. The minimum atomic E-state index is -0.652. The van der Waals surface area contributed by atoms with Gasteiger partial charge in [-0.1, -0.05) is 11.6 Å². The Balaban J connectivity index is 1.72. The SMILES string of the molecule is CC(c1ccc(Cl)s1)N1C2CCC1CC(CC(=O)O)C2. The maximum Gasteiger partial charge on any atom is 0.303 e. The van der Waals surface area contributed by atoms with Gasteiger partial charge in [0.2, 0.25) is 0 Å². The first-order chi connectivity index (χ1) is 9.54. The van der Waals surface area contributed by atoms with Crippen molar-refractivity contribution < 1.29 is 9.90 Å². The third-order valence-corrected chi connectivity index (χ3v) is 6.20. The lowest BCUT2D eigenvalue weighted by molar-refractivity contribution is -0.138. The number of halogens is 1. The Kier molecular flexibility index (Phi) is 4.07. The summed E-state index contributed by atoms with van der Waals surface area (Å²) in [7, 11) is 0. The van der Waals surface area contributed by atoms with Gasteiger partial charge in [0.1, 0.15) is 0 Å². The maximum absolute atomic E-state index is 10.9. The summed E-state index contributed by atoms with van der Waals surface area (Å²) in [5.74, 6) is -0.290. The normalized spacial score (nSPS) is 31.4. The minimum absolute atomic E-state index is 0.333. The lowest BCUT2D eigenvalue weighted by Gasteiger charge is -2.42. The summed E-state index contributed by atoms with van der Waals surface area (Å²) in [6, 6.07) is 5.59. The average molecular weight is 314 g/mol. The number of carboxylic acid groups (broad SMARTS) is 1. The van der Waals surface area contributed by atoms with Crippen LogP contribution in [0.1, 0.15) is 49.9 Å². The largest absolute Gasteiger partial charge is 0.481 e. The monoisotopic (exact) mass is 313 g/mol. The van der Waals surface area contributed by atoms with E-state index in [-0.39, 0.29) is 0 Å². The van der Waals surface area contributed by atoms with Gasteiger partial charge in [-0.05, 0) is 50.7 Å². The van der Waals surface area contributed by atoms with Crippen LogP contribution in [0.25, 0.3) is 0 Å². The number of piperidine rings is 1. The van der Waals surface area contributed by atoms with Crippen molar-refractivity contribution in [3.8, 4) is 0 Å². The van der Waals surface area contributed by atoms with Crippen molar-refractivity contribution in [3.05, 3.63) is 21.3 Å². The number of aliphatic carboxylic acids is 1. The van der Waals surface area contributed by atoms with Crippen LogP contribution in [0.4, 0.5) is 0 Å². The highest BCUT2D eigenvalue weighted by molar-refractivity contribution is 7.16. The summed E-state index contributed by atoms with van der Waals surface area (Å²) in [6.45, 7) is 2.25. The van der Waals surface area contributed by atoms with E-state index in [2.05, 4.69) is 17.9 Å². The maximum atomic E-state index is 10.9. The zero-order valence-electron chi connectivity index (χ0n) is 11.6. The number of carbonyl (C=O) groups is 1. The van der Waals surface area contributed by atoms with E-state index in [0.717, 1.165) is 17.2 Å². The predicted octanol–water partition coefficient (Wildman–Crippen LogP) is 4.18. The third-order valence-electron chi connectivity index (χ3n) is 4.80. The molecule has 2 aliphatic heterocycles. The number of nitrogens with zero attached hydrogens (tertiary/aromatic N) is 1. The Morgan fingerprint density at radius 1 is 1.45 bits per heavy atom. The first kappa shape index (κ1) is 14.4. The van der Waals surface area contributed by atoms with E-state index in [4.69, 9.17) is 16.7 Å². The van der Waals surface area contributed by atoms with Crippen molar-refractivity contribution >= 4 is 28.9 Å². The molecule has 110 valence electrons. The summed E-state index contributed by atoms with van der Waals surface area (Å²) in [5.41, 5.74) is 0. The van der Waals surface area contributed by atoms with Crippen molar-refractivity contribution in [2.24, 2.45) is 5.92 Å². The molecule has 0 saturated carbocycles. The number of hydrogen-bond donors (Lipinski definition) is 1. The molecule has 0 radical (unpaired) electrons. The van der Waals surface area contributed by atoms with Gasteiger partial charge in [0.15, 0.2) is 0 Å². The third kappa shape index (κ3) is 2.74. The summed E-state index contributed by atoms with van der Waals surface area (Å²) < 4.78 is 0.847. The fourth-order valence-electron chi connectivity index (χ4n) is 4.07. The molecule has 0 aromatic carbocycles. The van der Waals surface area contributed by atoms with Gasteiger partial charge in [0.05, 0.1) is 4.34 Å². The molecule has 3 heterocycles. The van der Waals surface area contributed by atoms with Gasteiger partial charge in [-0.3, -0.25) is 9.69 Å². The van der Waals surface area contributed by atoms with Crippen LogP contribution in [-0.2, 0) is 4.79 Å². The van der Waals surface area contributed by atoms with E-state index in [0.29, 0.717) is 30.5 Å². The van der Waals surface area contributed by atoms with Crippen LogP contribution in [-0.4, -0.2) is 28.1 Å². The molecule has 20 heavy (non-hydrogen) atoms. The van der Waals surface area contributed by atoms with Crippen molar-refractivity contribution in [2.75, 3.05) is 0 Å². The molecule has 1 aromatic heterocycles. The van der Waals surface area contributed by atoms with Gasteiger partial charge in [0, 0.05) is 29.4 Å². The number of carboxylic acids is 1. The molecule has 2 fully saturated rings. The molecule has 0 amide bonds. The van der Waals surface area contributed by atoms with Crippen LogP contribution in [0.3, 0.4) is 0 Å². The van der Waals surface area contributed by atoms with Crippen LogP contribution in [0.15, 0.2) is 12.1 Å². The summed E-state index contributed by atoms with van der Waals surface area (Å²) in [6.07, 6.45) is 4.83. The first-order valence-electron chi connectivity index (χ1n) is 7.29. The van der Waals surface area contributed by atoms with E-state index in [9.17, 15) is 4.79 Å². The average Bonchev–Trinajstić information content (AvgIpc) is 2.91. The summed E-state index contributed by atoms with van der Waals surface area (Å²) in [4.78, 5) is 14.8. The quantitative estimate of drug-likeness (QED) is 0.906. The second kappa shape index (κ2) is 5.66. The molecule has 3 atom stereocenters. The zero-order valence-corrected chi connectivity index (χ0v) is 13.2. The molecule has 2 saturated heterocycles. The van der Waals surface area contributed by atoms with Crippen LogP contribution in [0.2, 0.25) is 4.34 Å². The highest BCUT2D eigenvalue weighted by Crippen LogP contribution is 2.45. The molecule has 0 spiro atoms. The summed E-state index contributed by atoms with van der Waals surface area (Å²) in [5, 5.41) is 8.99. The summed E-state index contributed by atoms with van der Waals surface area (Å²) >= 11 is 7.71. The zero-order chi connectivity index (χ0) is 14.3. The number of rotatable bonds is 4. The van der Waals surface area contributed by atoms with Gasteiger partial charge in [-0.25, -0.2) is 0 Å². The van der Waals surface area contributed by atoms with Crippen LogP contribution in [0, 0.1) is 5.92 Å². The molecule has 3 unspecified atom stereocenters. The minimum Gasteiger partial charge on any atom is -0.481 e. The lowest BCUT2D eigenvalue weighted by Crippen LogP contribution is -2.44. The smallest absolute Gasteiger partial charge is 0.303 e. The van der Waals surface area contributed by atoms with Crippen molar-refractivity contribution in [2.45, 2.75) is 57.2 Å². The van der Waals surface area contributed by atoms with E-state index in [1.54, 1.807) is 11.3 Å². The second-order valence-corrected chi connectivity index (χ2v) is 7.83.